The first-order chi connectivity index (χ1) is 13.1. The highest BCUT2D eigenvalue weighted by molar-refractivity contribution is 14.1. The minimum Gasteiger partial charge on any atom is -0.484 e. The summed E-state index contributed by atoms with van der Waals surface area (Å²) in [7, 11) is 0. The Labute approximate surface area is 175 Å². The topological polar surface area (TPSA) is 82.4 Å². The van der Waals surface area contributed by atoms with E-state index in [1.807, 2.05) is 30.3 Å². The fourth-order valence-electron chi connectivity index (χ4n) is 2.52. The minimum absolute atomic E-state index is 0.109. The van der Waals surface area contributed by atoms with Gasteiger partial charge in [-0.3, -0.25) is 9.59 Å². The molecule has 1 fully saturated rings. The lowest BCUT2D eigenvalue weighted by Gasteiger charge is -2.23. The molecule has 2 aromatic rings. The van der Waals surface area contributed by atoms with Crippen LogP contribution >= 0.6 is 34.4 Å². The van der Waals surface area contributed by atoms with Crippen LogP contribution in [-0.4, -0.2) is 41.0 Å². The highest BCUT2D eigenvalue weighted by atomic mass is 127. The lowest BCUT2D eigenvalue weighted by atomic mass is 10.2. The molecule has 3 rings (SSSR count). The number of thioether (sulfide) groups is 1. The molecule has 27 heavy (non-hydrogen) atoms. The Morgan fingerprint density at radius 1 is 1.22 bits per heavy atom. The van der Waals surface area contributed by atoms with E-state index in [1.165, 1.54) is 16.7 Å². The molecule has 6 nitrogen and oxygen atoms in total. The van der Waals surface area contributed by atoms with E-state index in [-0.39, 0.29) is 18.4 Å². The normalized spacial score (nSPS) is 15.9. The van der Waals surface area contributed by atoms with Crippen LogP contribution in [0.5, 0.6) is 5.75 Å². The Morgan fingerprint density at radius 2 is 1.93 bits per heavy atom. The molecule has 1 N–H and O–H groups in total. The van der Waals surface area contributed by atoms with Crippen molar-refractivity contribution in [1.82, 2.24) is 4.90 Å². The number of carbonyl (C=O) groups is 2. The Balaban J connectivity index is 1.58. The molecular weight excluding hydrogens is 477 g/mol. The van der Waals surface area contributed by atoms with Gasteiger partial charge >= 0.3 is 0 Å². The van der Waals surface area contributed by atoms with Crippen LogP contribution in [0.15, 0.2) is 48.5 Å². The van der Waals surface area contributed by atoms with Crippen molar-refractivity contribution in [1.29, 1.82) is 5.26 Å². The van der Waals surface area contributed by atoms with E-state index < -0.39 is 6.04 Å². The molecule has 0 saturated carbocycles. The molecule has 2 amide bonds. The number of nitrogens with one attached hydrogen (secondary N) is 1. The molecule has 2 aromatic carbocycles. The van der Waals surface area contributed by atoms with E-state index in [2.05, 4.69) is 27.9 Å². The van der Waals surface area contributed by atoms with Crippen molar-refractivity contribution < 1.29 is 14.3 Å². The van der Waals surface area contributed by atoms with Crippen LogP contribution in [0, 0.1) is 14.9 Å². The summed E-state index contributed by atoms with van der Waals surface area (Å²) in [4.78, 5) is 26.6. The van der Waals surface area contributed by atoms with E-state index in [1.54, 1.807) is 24.3 Å². The number of ether oxygens (including phenoxy) is 1. The van der Waals surface area contributed by atoms with Crippen LogP contribution < -0.4 is 10.1 Å². The van der Waals surface area contributed by atoms with Crippen LogP contribution in [-0.2, 0) is 9.59 Å². The maximum Gasteiger partial charge on any atom is 0.261 e. The van der Waals surface area contributed by atoms with Crippen molar-refractivity contribution in [2.24, 2.45) is 0 Å². The van der Waals surface area contributed by atoms with Gasteiger partial charge < -0.3 is 15.0 Å². The molecule has 0 bridgehead atoms. The SMILES string of the molecule is N#Cc1ccc(NC(=O)C2CSCN2C(=O)COc2ccc(I)cc2)cc1. The Hall–Kier alpha value is -2.25. The van der Waals surface area contributed by atoms with Crippen molar-refractivity contribution in [3.63, 3.8) is 0 Å². The number of amides is 2. The predicted octanol–water partition coefficient (Wildman–Crippen LogP) is 3.08. The maximum absolute atomic E-state index is 12.6. The Bertz CT molecular complexity index is 865. The van der Waals surface area contributed by atoms with Crippen LogP contribution in [0.1, 0.15) is 5.56 Å². The average Bonchev–Trinajstić information content (AvgIpc) is 3.18. The van der Waals surface area contributed by atoms with Gasteiger partial charge in [0.2, 0.25) is 5.91 Å². The van der Waals surface area contributed by atoms with Crippen LogP contribution in [0.2, 0.25) is 0 Å². The van der Waals surface area contributed by atoms with E-state index in [4.69, 9.17) is 10.00 Å². The summed E-state index contributed by atoms with van der Waals surface area (Å²) in [5, 5.41) is 11.6. The minimum atomic E-state index is -0.543. The number of halogens is 1. The lowest BCUT2D eigenvalue weighted by molar-refractivity contribution is -0.137. The van der Waals surface area contributed by atoms with E-state index in [0.717, 1.165) is 3.57 Å². The molecular formula is C19H16IN3O3S. The Morgan fingerprint density at radius 3 is 2.59 bits per heavy atom. The van der Waals surface area contributed by atoms with Crippen LogP contribution in [0.4, 0.5) is 5.69 Å². The van der Waals surface area contributed by atoms with Crippen molar-refractivity contribution >= 4 is 51.9 Å². The zero-order chi connectivity index (χ0) is 19.2. The van der Waals surface area contributed by atoms with Gasteiger partial charge in [0.15, 0.2) is 6.61 Å². The van der Waals surface area contributed by atoms with Gasteiger partial charge in [-0.25, -0.2) is 0 Å². The quantitative estimate of drug-likeness (QED) is 0.648. The highest BCUT2D eigenvalue weighted by Gasteiger charge is 2.34. The van der Waals surface area contributed by atoms with Crippen molar-refractivity contribution in [3.8, 4) is 11.8 Å². The first-order valence-electron chi connectivity index (χ1n) is 8.13. The third kappa shape index (κ3) is 5.14. The third-order valence-electron chi connectivity index (χ3n) is 3.96. The lowest BCUT2D eigenvalue weighted by Crippen LogP contribution is -2.46. The summed E-state index contributed by atoms with van der Waals surface area (Å²) in [5.74, 6) is 1.15. The van der Waals surface area contributed by atoms with Gasteiger partial charge in [-0.2, -0.15) is 5.26 Å². The molecule has 1 aliphatic heterocycles. The monoisotopic (exact) mass is 493 g/mol. The first kappa shape index (κ1) is 19.5. The molecule has 1 atom stereocenters. The molecule has 0 aliphatic carbocycles. The number of nitrogens with zero attached hydrogens (tertiary/aromatic N) is 2. The second kappa shape index (κ2) is 9.10. The van der Waals surface area contributed by atoms with Crippen molar-refractivity contribution in [2.45, 2.75) is 6.04 Å². The number of carbonyl (C=O) groups excluding carboxylic acids is 2. The fourth-order valence-corrected chi connectivity index (χ4v) is 4.06. The number of hydrogen-bond donors (Lipinski definition) is 1. The zero-order valence-electron chi connectivity index (χ0n) is 14.2. The van der Waals surface area contributed by atoms with Gasteiger partial charge in [0.25, 0.3) is 5.91 Å². The van der Waals surface area contributed by atoms with E-state index in [9.17, 15) is 9.59 Å². The number of anilines is 1. The molecule has 0 radical (unpaired) electrons. The maximum atomic E-state index is 12.6. The number of hydrogen-bond acceptors (Lipinski definition) is 5. The standard InChI is InChI=1S/C19H16IN3O3S/c20-14-3-7-16(8-4-14)26-10-18(24)23-12-27-11-17(23)19(25)22-15-5-1-13(9-21)2-6-15/h1-8,17H,10-12H2,(H,22,25). The van der Waals surface area contributed by atoms with Crippen LogP contribution in [0.25, 0.3) is 0 Å². The van der Waals surface area contributed by atoms with E-state index >= 15 is 0 Å². The van der Waals surface area contributed by atoms with Gasteiger partial charge in [-0.05, 0) is 71.1 Å². The van der Waals surface area contributed by atoms with E-state index in [0.29, 0.717) is 28.6 Å². The highest BCUT2D eigenvalue weighted by Crippen LogP contribution is 2.23. The zero-order valence-corrected chi connectivity index (χ0v) is 17.2. The molecule has 0 aromatic heterocycles. The Kier molecular flexibility index (Phi) is 6.58. The van der Waals surface area contributed by atoms with Gasteiger partial charge in [0.1, 0.15) is 11.8 Å². The molecule has 0 spiro atoms. The van der Waals surface area contributed by atoms with Gasteiger partial charge in [-0.1, -0.05) is 0 Å². The van der Waals surface area contributed by atoms with Crippen molar-refractivity contribution in [2.75, 3.05) is 23.6 Å². The molecule has 138 valence electrons. The van der Waals surface area contributed by atoms with Crippen LogP contribution in [0.3, 0.4) is 0 Å². The van der Waals surface area contributed by atoms with Crippen molar-refractivity contribution in [3.05, 3.63) is 57.7 Å². The molecule has 1 heterocycles. The summed E-state index contributed by atoms with van der Waals surface area (Å²) in [5.41, 5.74) is 1.12. The summed E-state index contributed by atoms with van der Waals surface area (Å²) < 4.78 is 6.63. The average molecular weight is 493 g/mol. The molecule has 8 heteroatoms. The van der Waals surface area contributed by atoms with Gasteiger partial charge in [-0.15, -0.1) is 11.8 Å². The summed E-state index contributed by atoms with van der Waals surface area (Å²) >= 11 is 3.73. The summed E-state index contributed by atoms with van der Waals surface area (Å²) in [6.07, 6.45) is 0. The summed E-state index contributed by atoms with van der Waals surface area (Å²) in [6.45, 7) is -0.109. The molecule has 1 aliphatic rings. The third-order valence-corrected chi connectivity index (χ3v) is 5.69. The first-order valence-corrected chi connectivity index (χ1v) is 10.4. The van der Waals surface area contributed by atoms with Gasteiger partial charge in [0.05, 0.1) is 17.5 Å². The fraction of sp³-hybridized carbons (Fsp3) is 0.211. The number of benzene rings is 2. The molecule has 1 saturated heterocycles. The van der Waals surface area contributed by atoms with Gasteiger partial charge in [0, 0.05) is 15.0 Å². The number of rotatable bonds is 5. The largest absolute Gasteiger partial charge is 0.484 e. The second-order valence-electron chi connectivity index (χ2n) is 5.80. The smallest absolute Gasteiger partial charge is 0.261 e. The number of nitriles is 1. The second-order valence-corrected chi connectivity index (χ2v) is 8.05. The predicted molar refractivity (Wildman–Crippen MR) is 112 cm³/mol. The summed E-state index contributed by atoms with van der Waals surface area (Å²) in [6, 6.07) is 15.5. The molecule has 1 unspecified atom stereocenters.